The fourth-order valence-corrected chi connectivity index (χ4v) is 4.10. The Morgan fingerprint density at radius 2 is 1.58 bits per heavy atom. The monoisotopic (exact) mass is 348 g/mol. The zero-order chi connectivity index (χ0) is 17.9. The number of nitrogens with zero attached hydrogens (tertiary/aromatic N) is 3. The van der Waals surface area contributed by atoms with Crippen molar-refractivity contribution in [2.75, 3.05) is 49.6 Å². The number of amides is 1. The van der Waals surface area contributed by atoms with Crippen molar-refractivity contribution >= 4 is 17.3 Å². The summed E-state index contributed by atoms with van der Waals surface area (Å²) < 4.78 is 0. The molecule has 4 heteroatoms. The zero-order valence-electron chi connectivity index (χ0n) is 15.5. The van der Waals surface area contributed by atoms with Gasteiger partial charge in [-0.2, -0.15) is 0 Å². The van der Waals surface area contributed by atoms with Crippen LogP contribution >= 0.6 is 0 Å². The van der Waals surface area contributed by atoms with Crippen LogP contribution in [-0.4, -0.2) is 50.6 Å². The molecule has 0 radical (unpaired) electrons. The highest BCUT2D eigenvalue weighted by Crippen LogP contribution is 2.31. The second-order valence-electron chi connectivity index (χ2n) is 7.43. The number of likely N-dealkylation sites (N-methyl/N-ethyl adjacent to an activating group) is 1. The van der Waals surface area contributed by atoms with Crippen LogP contribution in [0.15, 0.2) is 54.6 Å². The minimum absolute atomic E-state index is 0.0869. The maximum absolute atomic E-state index is 12.9. The van der Waals surface area contributed by atoms with Gasteiger partial charge in [0.2, 0.25) is 5.91 Å². The van der Waals surface area contributed by atoms with Crippen molar-refractivity contribution in [3.05, 3.63) is 60.2 Å². The summed E-state index contributed by atoms with van der Waals surface area (Å²) in [5.41, 5.74) is 3.64. The molecule has 2 fully saturated rings. The third kappa shape index (κ3) is 3.47. The molecule has 1 amide bonds. The first-order valence-corrected chi connectivity index (χ1v) is 9.60. The maximum Gasteiger partial charge on any atom is 0.230 e. The summed E-state index contributed by atoms with van der Waals surface area (Å²) in [4.78, 5) is 19.7. The van der Waals surface area contributed by atoms with Gasteiger partial charge in [0.25, 0.3) is 0 Å². The molecule has 26 heavy (non-hydrogen) atoms. The predicted molar refractivity (Wildman–Crippen MR) is 107 cm³/mol. The van der Waals surface area contributed by atoms with E-state index < -0.39 is 0 Å². The van der Waals surface area contributed by atoms with E-state index in [0.29, 0.717) is 0 Å². The fraction of sp³-hybridized carbons (Fsp3) is 0.409. The lowest BCUT2D eigenvalue weighted by Crippen LogP contribution is -2.44. The summed E-state index contributed by atoms with van der Waals surface area (Å²) in [6.07, 6.45) is 1.77. The molecular weight excluding hydrogens is 321 g/mol. The van der Waals surface area contributed by atoms with Gasteiger partial charge < -0.3 is 14.7 Å². The molecule has 0 aliphatic carbocycles. The Morgan fingerprint density at radius 1 is 0.885 bits per heavy atom. The normalized spacial score (nSPS) is 21.4. The highest BCUT2D eigenvalue weighted by Gasteiger charge is 2.33. The van der Waals surface area contributed by atoms with Crippen molar-refractivity contribution in [2.45, 2.75) is 12.8 Å². The van der Waals surface area contributed by atoms with Crippen molar-refractivity contribution in [3.8, 4) is 0 Å². The van der Waals surface area contributed by atoms with Crippen LogP contribution in [0.2, 0.25) is 0 Å². The van der Waals surface area contributed by atoms with E-state index in [1.165, 1.54) is 11.3 Å². The number of carbonyl (C=O) groups is 1. The first kappa shape index (κ1) is 17.1. The van der Waals surface area contributed by atoms with Crippen molar-refractivity contribution in [1.29, 1.82) is 0 Å². The lowest BCUT2D eigenvalue weighted by molar-refractivity contribution is -0.120. The van der Waals surface area contributed by atoms with E-state index in [9.17, 15) is 4.79 Å². The summed E-state index contributed by atoms with van der Waals surface area (Å²) in [5.74, 6) is 0.355. The summed E-state index contributed by atoms with van der Waals surface area (Å²) in [6.45, 7) is 5.13. The molecule has 136 valence electrons. The average Bonchev–Trinajstić information content (AvgIpc) is 3.04. The standard InChI is InChI=1S/C22H27N3O/c1-23-13-15-24(16-14-23)21-10-6-5-7-18(21)17-19-11-12-25(22(19)26)20-8-3-2-4-9-20/h2-10,19H,11-17H2,1H3/t19-/m1/s1/i1-1. The molecule has 1 atom stereocenters. The molecular formula is C22H27N3O. The van der Waals surface area contributed by atoms with E-state index in [2.05, 4.69) is 41.1 Å². The molecule has 2 aromatic carbocycles. The molecule has 2 aliphatic rings. The van der Waals surface area contributed by atoms with Crippen LogP contribution in [0.5, 0.6) is 0 Å². The lowest BCUT2D eigenvalue weighted by atomic mass is 9.96. The van der Waals surface area contributed by atoms with Crippen molar-refractivity contribution < 1.29 is 4.79 Å². The molecule has 0 unspecified atom stereocenters. The largest absolute Gasteiger partial charge is 0.369 e. The maximum atomic E-state index is 12.9. The molecule has 0 aromatic heterocycles. The number of carbonyl (C=O) groups excluding carboxylic acids is 1. The van der Waals surface area contributed by atoms with Crippen molar-refractivity contribution in [2.24, 2.45) is 5.92 Å². The molecule has 4 nitrogen and oxygen atoms in total. The number of rotatable bonds is 4. The molecule has 0 bridgehead atoms. The molecule has 0 N–H and O–H groups in total. The van der Waals surface area contributed by atoms with E-state index in [0.717, 1.165) is 51.3 Å². The highest BCUT2D eigenvalue weighted by atomic mass is 16.2. The van der Waals surface area contributed by atoms with Crippen LogP contribution in [0, 0.1) is 5.92 Å². The van der Waals surface area contributed by atoms with Crippen LogP contribution in [0.25, 0.3) is 0 Å². The number of hydrogen-bond donors (Lipinski definition) is 0. The highest BCUT2D eigenvalue weighted by molar-refractivity contribution is 5.97. The van der Waals surface area contributed by atoms with E-state index in [1.807, 2.05) is 35.2 Å². The topological polar surface area (TPSA) is 26.8 Å². The number of para-hydroxylation sites is 2. The molecule has 2 aliphatic heterocycles. The van der Waals surface area contributed by atoms with Gasteiger partial charge in [0.1, 0.15) is 0 Å². The summed E-state index contributed by atoms with van der Waals surface area (Å²) in [6, 6.07) is 18.7. The van der Waals surface area contributed by atoms with Gasteiger partial charge in [-0.1, -0.05) is 36.4 Å². The van der Waals surface area contributed by atoms with Gasteiger partial charge >= 0.3 is 0 Å². The Bertz CT molecular complexity index is 753. The second kappa shape index (κ2) is 7.50. The SMILES string of the molecule is [11CH3]N1CCN(c2ccccc2C[C@H]2CCN(c3ccccc3)C2=O)CC1. The van der Waals surface area contributed by atoms with Gasteiger partial charge in [0, 0.05) is 50.0 Å². The van der Waals surface area contributed by atoms with Gasteiger partial charge in [-0.15, -0.1) is 0 Å². The minimum Gasteiger partial charge on any atom is -0.369 e. The quantitative estimate of drug-likeness (QED) is 0.850. The van der Waals surface area contributed by atoms with Crippen LogP contribution in [0.1, 0.15) is 12.0 Å². The molecule has 2 heterocycles. The average molecular weight is 348 g/mol. The number of anilines is 2. The Morgan fingerprint density at radius 3 is 2.35 bits per heavy atom. The second-order valence-corrected chi connectivity index (χ2v) is 7.43. The Kier molecular flexibility index (Phi) is 4.93. The predicted octanol–water partition coefficient (Wildman–Crippen LogP) is 3.03. The number of benzene rings is 2. The molecule has 4 rings (SSSR count). The van der Waals surface area contributed by atoms with Gasteiger partial charge in [-0.05, 0) is 43.7 Å². The molecule has 2 aromatic rings. The van der Waals surface area contributed by atoms with Gasteiger partial charge in [0.15, 0.2) is 0 Å². The third-order valence-corrected chi connectivity index (χ3v) is 5.69. The third-order valence-electron chi connectivity index (χ3n) is 5.69. The summed E-state index contributed by atoms with van der Waals surface area (Å²) >= 11 is 0. The van der Waals surface area contributed by atoms with Crippen molar-refractivity contribution in [3.63, 3.8) is 0 Å². The number of piperazine rings is 1. The van der Waals surface area contributed by atoms with Crippen LogP contribution in [-0.2, 0) is 11.2 Å². The van der Waals surface area contributed by atoms with Crippen LogP contribution < -0.4 is 9.80 Å². The molecule has 0 spiro atoms. The van der Waals surface area contributed by atoms with E-state index in [1.54, 1.807) is 0 Å². The van der Waals surface area contributed by atoms with E-state index in [-0.39, 0.29) is 11.8 Å². The Labute approximate surface area is 156 Å². The smallest absolute Gasteiger partial charge is 0.230 e. The first-order valence-electron chi connectivity index (χ1n) is 9.60. The number of hydrogen-bond acceptors (Lipinski definition) is 3. The van der Waals surface area contributed by atoms with E-state index in [4.69, 9.17) is 0 Å². The van der Waals surface area contributed by atoms with Gasteiger partial charge in [-0.25, -0.2) is 0 Å². The fourth-order valence-electron chi connectivity index (χ4n) is 4.10. The van der Waals surface area contributed by atoms with Gasteiger partial charge in [0.05, 0.1) is 0 Å². The Balaban J connectivity index is 1.49. The minimum atomic E-state index is 0.0869. The Hall–Kier alpha value is -2.33. The van der Waals surface area contributed by atoms with Crippen LogP contribution in [0.3, 0.4) is 0 Å². The zero-order valence-corrected chi connectivity index (χ0v) is 15.5. The summed E-state index contributed by atoms with van der Waals surface area (Å²) in [5, 5.41) is 0. The van der Waals surface area contributed by atoms with Gasteiger partial charge in [-0.3, -0.25) is 4.79 Å². The van der Waals surface area contributed by atoms with Crippen LogP contribution in [0.4, 0.5) is 11.4 Å². The molecule has 0 saturated carbocycles. The molecule has 2 saturated heterocycles. The van der Waals surface area contributed by atoms with Crippen molar-refractivity contribution in [1.82, 2.24) is 4.90 Å². The van der Waals surface area contributed by atoms with E-state index >= 15 is 0 Å². The lowest BCUT2D eigenvalue weighted by Gasteiger charge is -2.35. The summed E-state index contributed by atoms with van der Waals surface area (Å²) in [7, 11) is 2.18. The first-order chi connectivity index (χ1) is 12.7.